The zero-order valence-electron chi connectivity index (χ0n) is 4.71. The second kappa shape index (κ2) is 465000. The van der Waals surface area contributed by atoms with Gasteiger partial charge in [-0.1, -0.05) is 0 Å². The Morgan fingerprint density at radius 2 is 0.600 bits per heavy atom. The average Bonchev–Trinajstić information content (AvgIpc) is 0. The van der Waals surface area contributed by atoms with Crippen LogP contribution < -0.4 is 0 Å². The van der Waals surface area contributed by atoms with Crippen LogP contribution >= 0.6 is 0 Å². The predicted molar refractivity (Wildman–Crippen MR) is 22.4 cm³/mol. The van der Waals surface area contributed by atoms with Crippen molar-refractivity contribution < 1.29 is 24.8 Å². The zero-order chi connectivity index (χ0) is 0. The maximum atomic E-state index is 0. The van der Waals surface area contributed by atoms with Crippen molar-refractivity contribution in [3.05, 3.63) is 0 Å². The molecule has 8 N–H and O–H groups in total. The molecule has 0 aliphatic heterocycles. The molecule has 0 radical (unpaired) electrons. The van der Waals surface area contributed by atoms with Crippen molar-refractivity contribution in [3.8, 4) is 0 Å². The normalized spacial score (nSPS) is 0. The summed E-state index contributed by atoms with van der Waals surface area (Å²) in [5.41, 5.74) is 0. The molecule has 5 heavy (non-hydrogen) atoms. The smallest absolute Gasteiger partial charge is 1.00 e. The molecule has 0 saturated heterocycles. The van der Waals surface area contributed by atoms with E-state index in [9.17, 15) is 0 Å². The first-order valence-corrected chi connectivity index (χ1v) is 0. The average molecular weight is 83.1 g/mol. The van der Waals surface area contributed by atoms with E-state index in [4.69, 9.17) is 0 Å². The molecule has 0 atom stereocenters. The zero-order valence-corrected chi connectivity index (χ0v) is 2.71. The summed E-state index contributed by atoms with van der Waals surface area (Å²) in [6.45, 7) is 0. The molecule has 4 nitrogen and oxygen atoms in total. The van der Waals surface area contributed by atoms with Gasteiger partial charge >= 0.3 is 10.1 Å². The van der Waals surface area contributed by atoms with E-state index >= 15 is 0 Å². The molecule has 0 aliphatic carbocycles. The number of hydrogen-bond acceptors (Lipinski definition) is 0. The van der Waals surface area contributed by atoms with Gasteiger partial charge in [0.05, 0.1) is 0 Å². The third-order valence-electron chi connectivity index (χ3n) is 0. The molecule has 0 heterocycles. The molecule has 0 rings (SSSR count). The van der Waals surface area contributed by atoms with Crippen LogP contribution in [0.2, 0.25) is 0 Å². The Hall–Kier alpha value is 0.00883. The van der Waals surface area contributed by atoms with E-state index in [-0.39, 0.29) is 34.9 Å². The summed E-state index contributed by atoms with van der Waals surface area (Å²) < 4.78 is 0. The van der Waals surface area contributed by atoms with Crippen molar-refractivity contribution in [2.75, 3.05) is 0 Å². The van der Waals surface area contributed by atoms with Gasteiger partial charge in [-0.2, -0.15) is 0 Å². The van der Waals surface area contributed by atoms with E-state index in [1.807, 2.05) is 0 Å². The second-order valence-electron chi connectivity index (χ2n) is 0. The van der Waals surface area contributed by atoms with Gasteiger partial charge in [0.15, 0.2) is 0 Å². The molecular weight excluding hydrogens is 73.0 g/mol. The van der Waals surface area contributed by atoms with Crippen LogP contribution in [0.3, 0.4) is 0 Å². The van der Waals surface area contributed by atoms with Gasteiger partial charge in [0.2, 0.25) is 0 Å². The molecule has 0 aromatic rings. The van der Waals surface area contributed by atoms with Crippen molar-refractivity contribution in [3.63, 3.8) is 0 Å². The van der Waals surface area contributed by atoms with Crippen molar-refractivity contribution >= 4 is 10.1 Å². The quantitative estimate of drug-likeness (QED) is 0.270. The molecule has 0 aromatic heterocycles. The summed E-state index contributed by atoms with van der Waals surface area (Å²) >= 11 is 0. The summed E-state index contributed by atoms with van der Waals surface area (Å²) in [7, 11) is 0. The summed E-state index contributed by atoms with van der Waals surface area (Å²) in [6.07, 6.45) is 0. The Bertz CT molecular complexity index is 9.65. The second-order valence-corrected chi connectivity index (χ2v) is 0. The van der Waals surface area contributed by atoms with Gasteiger partial charge in [-0.3, -0.25) is 0 Å². The van der Waals surface area contributed by atoms with E-state index in [1.165, 1.54) is 0 Å². The van der Waals surface area contributed by atoms with Crippen LogP contribution in [0, 0.1) is 0 Å². The van der Waals surface area contributed by atoms with Crippen molar-refractivity contribution in [2.24, 2.45) is 0 Å². The van der Waals surface area contributed by atoms with Gasteiger partial charge < -0.3 is 24.8 Å². The Kier molecular flexibility index (Phi) is 96100000000. The predicted octanol–water partition coefficient (Wildman–Crippen LogP) is -3.45. The monoisotopic (exact) mass is 83.1 g/mol. The molecule has 0 bridgehead atoms. The first-order valence-electron chi connectivity index (χ1n) is 0. The maximum Gasteiger partial charge on any atom is 2.00 e. The Morgan fingerprint density at radius 1 is 0.600 bits per heavy atom. The molecule has 0 unspecified atom stereocenters. The minimum absolute atomic E-state index is 0. The molecule has 0 fully saturated rings. The summed E-state index contributed by atoms with van der Waals surface area (Å²) in [5.74, 6) is 0. The van der Waals surface area contributed by atoms with E-state index in [0.29, 0.717) is 0 Å². The van der Waals surface area contributed by atoms with E-state index in [0.717, 1.165) is 0 Å². The minimum Gasteiger partial charge on any atom is -1.00 e. The molecule has 0 aromatic carbocycles. The van der Waals surface area contributed by atoms with Gasteiger partial charge in [0.25, 0.3) is 0 Å². The third-order valence-corrected chi connectivity index (χ3v) is 0. The van der Waals surface area contributed by atoms with Crippen LogP contribution in [0.4, 0.5) is 0 Å². The van der Waals surface area contributed by atoms with Crippen LogP contribution in [-0.2, 0) is 0 Å². The van der Waals surface area contributed by atoms with Crippen LogP contribution in [0.5, 0.6) is 0 Å². The molecule has 0 aliphatic rings. The third kappa shape index (κ3) is 207000. The maximum absolute atomic E-state index is 0. The fraction of sp³-hybridized carbons (Fsp3) is 0. The summed E-state index contributed by atoms with van der Waals surface area (Å²) in [4.78, 5) is 0. The van der Waals surface area contributed by atoms with E-state index in [1.54, 1.807) is 0 Å². The van der Waals surface area contributed by atoms with E-state index < -0.39 is 0 Å². The molecular formula is H10BeO4. The van der Waals surface area contributed by atoms with Gasteiger partial charge in [-0.25, -0.2) is 0 Å². The summed E-state index contributed by atoms with van der Waals surface area (Å²) in [5, 5.41) is 0. The van der Waals surface area contributed by atoms with E-state index in [2.05, 4.69) is 0 Å². The Labute approximate surface area is 36.2 Å². The van der Waals surface area contributed by atoms with Crippen LogP contribution in [0.25, 0.3) is 0 Å². The van der Waals surface area contributed by atoms with Crippen molar-refractivity contribution in [1.82, 2.24) is 0 Å². The summed E-state index contributed by atoms with van der Waals surface area (Å²) in [6, 6.07) is 0. The van der Waals surface area contributed by atoms with Crippen LogP contribution in [-0.4, -0.2) is 32.0 Å². The van der Waals surface area contributed by atoms with Crippen LogP contribution in [0.15, 0.2) is 0 Å². The van der Waals surface area contributed by atoms with Crippen LogP contribution in [0.1, 0.15) is 2.85 Å². The number of hydrogen-bond donors (Lipinski definition) is 0. The molecule has 5 heteroatoms. The molecule has 0 amide bonds. The van der Waals surface area contributed by atoms with Gasteiger partial charge in [-0.05, 0) is 0 Å². The first kappa shape index (κ1) is 1030000. The topological polar surface area (TPSA) is 126 Å². The van der Waals surface area contributed by atoms with Gasteiger partial charge in [-0.15, -0.1) is 0 Å². The molecule has 36 valence electrons. The standard InChI is InChI=1S/Be.4H2O.2H/h;4*1H2;;/q+2;;;;;2*-1. The van der Waals surface area contributed by atoms with Gasteiger partial charge in [0.1, 0.15) is 0 Å². The van der Waals surface area contributed by atoms with Crippen molar-refractivity contribution in [1.29, 1.82) is 0 Å². The number of rotatable bonds is 0. The fourth-order valence-electron chi connectivity index (χ4n) is 0. The minimum atomic E-state index is 0. The Morgan fingerprint density at radius 3 is 0.600 bits per heavy atom. The fourth-order valence-corrected chi connectivity index (χ4v) is 0. The molecule has 0 saturated carbocycles. The first-order chi connectivity index (χ1) is 0. The van der Waals surface area contributed by atoms with Gasteiger partial charge in [0, 0.05) is 0 Å². The SMILES string of the molecule is O.O.O.O.[Be+2].[H-].[H-]. The Balaban J connectivity index is 0. The largest absolute Gasteiger partial charge is 2.00 e. The van der Waals surface area contributed by atoms with Crippen molar-refractivity contribution in [2.45, 2.75) is 0 Å². The molecule has 0 spiro atoms.